The number of nitrogens with two attached hydrogens (primary N) is 1. The second-order valence-electron chi connectivity index (χ2n) is 4.97. The van der Waals surface area contributed by atoms with Crippen LogP contribution in [0.3, 0.4) is 0 Å². The molecule has 0 saturated heterocycles. The Morgan fingerprint density at radius 2 is 2.26 bits per heavy atom. The van der Waals surface area contributed by atoms with Crippen LogP contribution < -0.4 is 11.3 Å². The summed E-state index contributed by atoms with van der Waals surface area (Å²) in [5.74, 6) is 4.81. The van der Waals surface area contributed by atoms with Crippen molar-refractivity contribution < 1.29 is 4.79 Å². The van der Waals surface area contributed by atoms with E-state index >= 15 is 0 Å². The fourth-order valence-electron chi connectivity index (χ4n) is 2.70. The van der Waals surface area contributed by atoms with E-state index in [1.54, 1.807) is 0 Å². The third-order valence-corrected chi connectivity index (χ3v) is 4.63. The summed E-state index contributed by atoms with van der Waals surface area (Å²) in [7, 11) is 0. The first-order valence-electron chi connectivity index (χ1n) is 6.94. The van der Waals surface area contributed by atoms with Crippen LogP contribution in [0.15, 0.2) is 5.38 Å². The van der Waals surface area contributed by atoms with Crippen molar-refractivity contribution in [3.63, 3.8) is 0 Å². The molecule has 5 nitrogen and oxygen atoms in total. The second kappa shape index (κ2) is 6.98. The van der Waals surface area contributed by atoms with E-state index in [-0.39, 0.29) is 5.91 Å². The molecule has 0 bridgehead atoms. The first-order chi connectivity index (χ1) is 9.24. The Hall–Kier alpha value is -0.980. The van der Waals surface area contributed by atoms with Crippen molar-refractivity contribution in [1.82, 2.24) is 15.3 Å². The molecule has 0 atom stereocenters. The molecule has 1 aromatic rings. The van der Waals surface area contributed by atoms with Crippen LogP contribution in [0.1, 0.15) is 54.5 Å². The third kappa shape index (κ3) is 3.75. The summed E-state index contributed by atoms with van der Waals surface area (Å²) in [6.07, 6.45) is 6.60. The van der Waals surface area contributed by atoms with Crippen LogP contribution in [0.25, 0.3) is 0 Å². The van der Waals surface area contributed by atoms with Crippen molar-refractivity contribution in [2.24, 2.45) is 5.84 Å². The van der Waals surface area contributed by atoms with E-state index in [9.17, 15) is 4.79 Å². The fraction of sp³-hybridized carbons (Fsp3) is 0.692. The SMILES string of the molecule is CCN(Cc1csc(C(=O)NN)n1)C1CCCCC1. The summed E-state index contributed by atoms with van der Waals surface area (Å²) in [6.45, 7) is 4.05. The van der Waals surface area contributed by atoms with Gasteiger partial charge >= 0.3 is 0 Å². The number of amides is 1. The minimum absolute atomic E-state index is 0.308. The summed E-state index contributed by atoms with van der Waals surface area (Å²) in [4.78, 5) is 18.2. The molecule has 1 aromatic heterocycles. The van der Waals surface area contributed by atoms with Gasteiger partial charge in [-0.3, -0.25) is 15.1 Å². The minimum Gasteiger partial charge on any atom is -0.295 e. The summed E-state index contributed by atoms with van der Waals surface area (Å²) >= 11 is 1.35. The molecule has 2 rings (SSSR count). The zero-order valence-electron chi connectivity index (χ0n) is 11.4. The van der Waals surface area contributed by atoms with Crippen molar-refractivity contribution in [3.8, 4) is 0 Å². The highest BCUT2D eigenvalue weighted by atomic mass is 32.1. The maximum Gasteiger partial charge on any atom is 0.294 e. The smallest absolute Gasteiger partial charge is 0.294 e. The molecule has 0 unspecified atom stereocenters. The number of nitrogens with zero attached hydrogens (tertiary/aromatic N) is 2. The van der Waals surface area contributed by atoms with Crippen LogP contribution in [-0.4, -0.2) is 28.4 Å². The number of hydrogen-bond donors (Lipinski definition) is 2. The summed E-state index contributed by atoms with van der Waals surface area (Å²) in [5, 5.41) is 2.40. The van der Waals surface area contributed by atoms with Gasteiger partial charge in [0.05, 0.1) is 5.69 Å². The molecule has 0 spiro atoms. The van der Waals surface area contributed by atoms with Crippen molar-refractivity contribution in [1.29, 1.82) is 0 Å². The van der Waals surface area contributed by atoms with E-state index in [0.717, 1.165) is 18.8 Å². The second-order valence-corrected chi connectivity index (χ2v) is 5.83. The van der Waals surface area contributed by atoms with E-state index < -0.39 is 0 Å². The van der Waals surface area contributed by atoms with Crippen molar-refractivity contribution in [2.75, 3.05) is 6.54 Å². The molecule has 0 aliphatic heterocycles. The molecule has 1 aliphatic rings. The normalized spacial score (nSPS) is 16.8. The number of nitrogen functional groups attached to an aromatic ring is 1. The average Bonchev–Trinajstić information content (AvgIpc) is 2.93. The number of aromatic nitrogens is 1. The molecule has 0 radical (unpaired) electrons. The first kappa shape index (κ1) is 14.4. The highest BCUT2D eigenvalue weighted by Gasteiger charge is 2.21. The zero-order chi connectivity index (χ0) is 13.7. The van der Waals surface area contributed by atoms with E-state index in [4.69, 9.17) is 5.84 Å². The Balaban J connectivity index is 1.97. The largest absolute Gasteiger partial charge is 0.295 e. The number of hydrogen-bond acceptors (Lipinski definition) is 5. The molecule has 1 amide bonds. The highest BCUT2D eigenvalue weighted by Crippen LogP contribution is 2.24. The van der Waals surface area contributed by atoms with Gasteiger partial charge in [-0.05, 0) is 19.4 Å². The molecule has 1 fully saturated rings. The number of hydrazine groups is 1. The van der Waals surface area contributed by atoms with Gasteiger partial charge in [0.15, 0.2) is 5.01 Å². The van der Waals surface area contributed by atoms with Crippen LogP contribution in [0.2, 0.25) is 0 Å². The molecule has 3 N–H and O–H groups in total. The number of rotatable bonds is 5. The first-order valence-corrected chi connectivity index (χ1v) is 7.82. The van der Waals surface area contributed by atoms with Crippen molar-refractivity contribution in [2.45, 2.75) is 51.6 Å². The van der Waals surface area contributed by atoms with E-state index in [1.807, 2.05) is 5.38 Å². The predicted molar refractivity (Wildman–Crippen MR) is 76.7 cm³/mol. The molecule has 19 heavy (non-hydrogen) atoms. The fourth-order valence-corrected chi connectivity index (χ4v) is 3.41. The van der Waals surface area contributed by atoms with Gasteiger partial charge in [0, 0.05) is 18.0 Å². The third-order valence-electron chi connectivity index (χ3n) is 3.74. The Labute approximate surface area is 118 Å². The average molecular weight is 282 g/mol. The van der Waals surface area contributed by atoms with Crippen LogP contribution in [0, 0.1) is 0 Å². The van der Waals surface area contributed by atoms with Crippen LogP contribution in [0.5, 0.6) is 0 Å². The van der Waals surface area contributed by atoms with Gasteiger partial charge in [-0.1, -0.05) is 26.2 Å². The molecular weight excluding hydrogens is 260 g/mol. The van der Waals surface area contributed by atoms with Gasteiger partial charge in [0.1, 0.15) is 0 Å². The number of carbonyl (C=O) groups is 1. The maximum atomic E-state index is 11.4. The van der Waals surface area contributed by atoms with Gasteiger partial charge in [0.2, 0.25) is 0 Å². The molecule has 1 aliphatic carbocycles. The van der Waals surface area contributed by atoms with Gasteiger partial charge in [-0.25, -0.2) is 10.8 Å². The summed E-state index contributed by atoms with van der Waals surface area (Å²) in [6, 6.07) is 0.673. The topological polar surface area (TPSA) is 71.2 Å². The Morgan fingerprint density at radius 1 is 1.53 bits per heavy atom. The zero-order valence-corrected chi connectivity index (χ0v) is 12.2. The van der Waals surface area contributed by atoms with E-state index in [1.165, 1.54) is 43.4 Å². The summed E-state index contributed by atoms with van der Waals surface area (Å²) < 4.78 is 0. The molecule has 0 aromatic carbocycles. The molecule has 106 valence electrons. The summed E-state index contributed by atoms with van der Waals surface area (Å²) in [5.41, 5.74) is 3.09. The Bertz CT molecular complexity index is 415. The molecule has 1 saturated carbocycles. The lowest BCUT2D eigenvalue weighted by Crippen LogP contribution is -2.36. The number of carbonyl (C=O) groups excluding carboxylic acids is 1. The Kier molecular flexibility index (Phi) is 5.30. The highest BCUT2D eigenvalue weighted by molar-refractivity contribution is 7.11. The van der Waals surface area contributed by atoms with Gasteiger partial charge < -0.3 is 0 Å². The standard InChI is InChI=1S/C13H22N4OS/c1-2-17(11-6-4-3-5-7-11)8-10-9-19-13(15-10)12(18)16-14/h9,11H,2-8,14H2,1H3,(H,16,18). The lowest BCUT2D eigenvalue weighted by Gasteiger charge is -2.33. The number of thiazole rings is 1. The van der Waals surface area contributed by atoms with E-state index in [0.29, 0.717) is 11.0 Å². The van der Waals surface area contributed by atoms with Gasteiger partial charge in [-0.2, -0.15) is 0 Å². The van der Waals surface area contributed by atoms with Crippen molar-refractivity contribution >= 4 is 17.2 Å². The predicted octanol–water partition coefficient (Wildman–Crippen LogP) is 1.90. The Morgan fingerprint density at radius 3 is 2.89 bits per heavy atom. The van der Waals surface area contributed by atoms with Crippen LogP contribution >= 0.6 is 11.3 Å². The molecule has 6 heteroatoms. The molecular formula is C13H22N4OS. The minimum atomic E-state index is -0.308. The van der Waals surface area contributed by atoms with Gasteiger partial charge in [0.25, 0.3) is 5.91 Å². The monoisotopic (exact) mass is 282 g/mol. The number of nitrogens with one attached hydrogen (secondary N) is 1. The van der Waals surface area contributed by atoms with Crippen LogP contribution in [-0.2, 0) is 6.54 Å². The molecule has 1 heterocycles. The van der Waals surface area contributed by atoms with Crippen LogP contribution in [0.4, 0.5) is 0 Å². The van der Waals surface area contributed by atoms with Crippen molar-refractivity contribution in [3.05, 3.63) is 16.1 Å². The van der Waals surface area contributed by atoms with Gasteiger partial charge in [-0.15, -0.1) is 11.3 Å². The lowest BCUT2D eigenvalue weighted by molar-refractivity contribution is 0.0952. The quantitative estimate of drug-likeness (QED) is 0.491. The maximum absolute atomic E-state index is 11.4. The van der Waals surface area contributed by atoms with E-state index in [2.05, 4.69) is 22.2 Å². The lowest BCUT2D eigenvalue weighted by atomic mass is 9.94.